The molecule has 5 nitrogen and oxygen atoms in total. The second-order valence-corrected chi connectivity index (χ2v) is 4.81. The predicted molar refractivity (Wildman–Crippen MR) is 70.0 cm³/mol. The molecule has 1 saturated carbocycles. The van der Waals surface area contributed by atoms with Crippen molar-refractivity contribution in [3.05, 3.63) is 18.2 Å². The lowest BCUT2D eigenvalue weighted by Crippen LogP contribution is -2.26. The topological polar surface area (TPSA) is 59.0 Å². The predicted octanol–water partition coefficient (Wildman–Crippen LogP) is 1.05. The van der Waals surface area contributed by atoms with Gasteiger partial charge in [0.1, 0.15) is 5.82 Å². The molecule has 1 aliphatic rings. The fraction of sp³-hybridized carbons (Fsp3) is 0.692. The van der Waals surface area contributed by atoms with E-state index in [1.165, 1.54) is 0 Å². The van der Waals surface area contributed by atoms with Crippen molar-refractivity contribution in [2.24, 2.45) is 0 Å². The smallest absolute Gasteiger partial charge is 0.222 e. The summed E-state index contributed by atoms with van der Waals surface area (Å²) >= 11 is 0. The highest BCUT2D eigenvalue weighted by molar-refractivity contribution is 5.76. The van der Waals surface area contributed by atoms with Gasteiger partial charge in [-0.1, -0.05) is 6.92 Å². The van der Waals surface area contributed by atoms with Gasteiger partial charge in [0.05, 0.1) is 6.54 Å². The number of nitrogens with one attached hydrogen (secondary N) is 2. The van der Waals surface area contributed by atoms with Crippen LogP contribution in [0.25, 0.3) is 0 Å². The summed E-state index contributed by atoms with van der Waals surface area (Å²) in [6.07, 6.45) is 7.67. The van der Waals surface area contributed by atoms with Crippen molar-refractivity contribution in [1.82, 2.24) is 20.2 Å². The van der Waals surface area contributed by atoms with Crippen LogP contribution in [-0.2, 0) is 17.9 Å². The molecule has 1 aromatic heterocycles. The van der Waals surface area contributed by atoms with E-state index in [1.807, 2.05) is 6.20 Å². The van der Waals surface area contributed by atoms with Crippen LogP contribution in [0.2, 0.25) is 0 Å². The largest absolute Gasteiger partial charge is 0.353 e. The summed E-state index contributed by atoms with van der Waals surface area (Å²) in [6.45, 7) is 4.61. The van der Waals surface area contributed by atoms with E-state index < -0.39 is 0 Å². The van der Waals surface area contributed by atoms with Crippen molar-refractivity contribution in [1.29, 1.82) is 0 Å². The van der Waals surface area contributed by atoms with E-state index in [2.05, 4.69) is 27.1 Å². The molecule has 0 bridgehead atoms. The van der Waals surface area contributed by atoms with Crippen LogP contribution in [-0.4, -0.2) is 28.0 Å². The zero-order chi connectivity index (χ0) is 12.8. The monoisotopic (exact) mass is 250 g/mol. The number of amides is 1. The van der Waals surface area contributed by atoms with Crippen molar-refractivity contribution in [3.8, 4) is 0 Å². The molecule has 2 N–H and O–H groups in total. The molecule has 0 unspecified atom stereocenters. The number of aryl methyl sites for hydroxylation is 1. The number of hydrogen-bond acceptors (Lipinski definition) is 3. The lowest BCUT2D eigenvalue weighted by Gasteiger charge is -2.08. The van der Waals surface area contributed by atoms with Gasteiger partial charge in [-0.25, -0.2) is 4.98 Å². The van der Waals surface area contributed by atoms with Crippen molar-refractivity contribution in [2.75, 3.05) is 6.54 Å². The fourth-order valence-electron chi connectivity index (χ4n) is 1.84. The molecule has 1 aromatic rings. The van der Waals surface area contributed by atoms with E-state index in [9.17, 15) is 4.79 Å². The van der Waals surface area contributed by atoms with Gasteiger partial charge in [-0.05, 0) is 25.8 Å². The van der Waals surface area contributed by atoms with Crippen LogP contribution in [0.3, 0.4) is 0 Å². The molecule has 18 heavy (non-hydrogen) atoms. The van der Waals surface area contributed by atoms with E-state index in [0.717, 1.165) is 38.2 Å². The van der Waals surface area contributed by atoms with Crippen molar-refractivity contribution in [2.45, 2.75) is 51.7 Å². The number of nitrogens with zero attached hydrogens (tertiary/aromatic N) is 2. The molecular weight excluding hydrogens is 228 g/mol. The first-order valence-electron chi connectivity index (χ1n) is 6.79. The molecule has 100 valence electrons. The quantitative estimate of drug-likeness (QED) is 0.678. The zero-order valence-corrected chi connectivity index (χ0v) is 11.0. The van der Waals surface area contributed by atoms with Crippen LogP contribution < -0.4 is 10.6 Å². The zero-order valence-electron chi connectivity index (χ0n) is 11.0. The van der Waals surface area contributed by atoms with Gasteiger partial charge in [0.2, 0.25) is 5.91 Å². The molecule has 1 aliphatic carbocycles. The SMILES string of the molecule is CCCNCc1nccn1CCC(=O)NC1CC1. The van der Waals surface area contributed by atoms with Gasteiger partial charge in [0.25, 0.3) is 0 Å². The minimum atomic E-state index is 0.152. The molecule has 0 aromatic carbocycles. The first-order chi connectivity index (χ1) is 8.79. The fourth-order valence-corrected chi connectivity index (χ4v) is 1.84. The average molecular weight is 250 g/mol. The summed E-state index contributed by atoms with van der Waals surface area (Å²) in [5, 5.41) is 6.32. The van der Waals surface area contributed by atoms with Crippen molar-refractivity contribution < 1.29 is 4.79 Å². The maximum absolute atomic E-state index is 11.6. The minimum Gasteiger partial charge on any atom is -0.353 e. The van der Waals surface area contributed by atoms with Gasteiger partial charge in [-0.3, -0.25) is 4.79 Å². The summed E-state index contributed by atoms with van der Waals surface area (Å²) in [5.41, 5.74) is 0. The standard InChI is InChI=1S/C13H22N4O/c1-2-6-14-10-12-15-7-9-17(12)8-5-13(18)16-11-3-4-11/h7,9,11,14H,2-6,8,10H2,1H3,(H,16,18). The van der Waals surface area contributed by atoms with E-state index >= 15 is 0 Å². The number of aromatic nitrogens is 2. The Bertz CT molecular complexity index is 384. The van der Waals surface area contributed by atoms with Crippen LogP contribution in [0.15, 0.2) is 12.4 Å². The molecule has 1 heterocycles. The average Bonchev–Trinajstić information content (AvgIpc) is 3.05. The molecule has 0 aliphatic heterocycles. The minimum absolute atomic E-state index is 0.152. The lowest BCUT2D eigenvalue weighted by molar-refractivity contribution is -0.121. The summed E-state index contributed by atoms with van der Waals surface area (Å²) in [5.74, 6) is 1.15. The Morgan fingerprint density at radius 3 is 3.11 bits per heavy atom. The number of carbonyl (C=O) groups is 1. The van der Waals surface area contributed by atoms with Gasteiger partial charge in [0.15, 0.2) is 0 Å². The maximum atomic E-state index is 11.6. The van der Waals surface area contributed by atoms with Crippen molar-refractivity contribution >= 4 is 5.91 Å². The molecule has 1 fully saturated rings. The van der Waals surface area contributed by atoms with Gasteiger partial charge in [-0.15, -0.1) is 0 Å². The highest BCUT2D eigenvalue weighted by Crippen LogP contribution is 2.18. The Morgan fingerprint density at radius 2 is 2.39 bits per heavy atom. The Morgan fingerprint density at radius 1 is 1.56 bits per heavy atom. The van der Waals surface area contributed by atoms with E-state index in [1.54, 1.807) is 6.20 Å². The number of hydrogen-bond donors (Lipinski definition) is 2. The summed E-state index contributed by atoms with van der Waals surface area (Å²) in [4.78, 5) is 15.9. The van der Waals surface area contributed by atoms with Crippen LogP contribution in [0.5, 0.6) is 0 Å². The normalized spacial score (nSPS) is 14.7. The third kappa shape index (κ3) is 4.14. The van der Waals surface area contributed by atoms with Gasteiger partial charge >= 0.3 is 0 Å². The second kappa shape index (κ2) is 6.54. The van der Waals surface area contributed by atoms with Crippen LogP contribution >= 0.6 is 0 Å². The summed E-state index contributed by atoms with van der Waals surface area (Å²) in [6, 6.07) is 0.450. The Labute approximate surface area is 108 Å². The Hall–Kier alpha value is -1.36. The molecule has 2 rings (SSSR count). The van der Waals surface area contributed by atoms with E-state index in [0.29, 0.717) is 19.0 Å². The number of rotatable bonds is 8. The van der Waals surface area contributed by atoms with Crippen LogP contribution in [0.1, 0.15) is 38.4 Å². The first-order valence-corrected chi connectivity index (χ1v) is 6.79. The van der Waals surface area contributed by atoms with E-state index in [-0.39, 0.29) is 5.91 Å². The number of carbonyl (C=O) groups excluding carboxylic acids is 1. The van der Waals surface area contributed by atoms with Gasteiger partial charge in [-0.2, -0.15) is 0 Å². The highest BCUT2D eigenvalue weighted by atomic mass is 16.1. The Balaban J connectivity index is 1.73. The third-order valence-corrected chi connectivity index (χ3v) is 3.03. The summed E-state index contributed by atoms with van der Waals surface area (Å²) < 4.78 is 2.05. The lowest BCUT2D eigenvalue weighted by atomic mass is 10.3. The third-order valence-electron chi connectivity index (χ3n) is 3.03. The number of imidazole rings is 1. The first kappa shape index (κ1) is 13.1. The summed E-state index contributed by atoms with van der Waals surface area (Å²) in [7, 11) is 0. The van der Waals surface area contributed by atoms with E-state index in [4.69, 9.17) is 0 Å². The molecule has 0 radical (unpaired) electrons. The van der Waals surface area contributed by atoms with Gasteiger partial charge < -0.3 is 15.2 Å². The second-order valence-electron chi connectivity index (χ2n) is 4.81. The molecule has 1 amide bonds. The molecular formula is C13H22N4O. The van der Waals surface area contributed by atoms with Crippen molar-refractivity contribution in [3.63, 3.8) is 0 Å². The Kier molecular flexibility index (Phi) is 4.75. The molecule has 0 spiro atoms. The maximum Gasteiger partial charge on any atom is 0.222 e. The molecule has 0 saturated heterocycles. The van der Waals surface area contributed by atoms with Crippen LogP contribution in [0, 0.1) is 0 Å². The molecule has 0 atom stereocenters. The molecule has 5 heteroatoms. The van der Waals surface area contributed by atoms with Gasteiger partial charge in [0, 0.05) is 31.4 Å². The highest BCUT2D eigenvalue weighted by Gasteiger charge is 2.22. The van der Waals surface area contributed by atoms with Crippen LogP contribution in [0.4, 0.5) is 0 Å².